The van der Waals surface area contributed by atoms with Crippen LogP contribution in [0.4, 0.5) is 0 Å². The average molecular weight is 426 g/mol. The number of ether oxygens (including phenoxy) is 3. The summed E-state index contributed by atoms with van der Waals surface area (Å²) < 4.78 is 14.5. The lowest BCUT2D eigenvalue weighted by Gasteiger charge is -2.08. The first-order valence-corrected chi connectivity index (χ1v) is 9.04. The minimum atomic E-state index is -0.677. The lowest BCUT2D eigenvalue weighted by molar-refractivity contribution is 0.0587. The second kappa shape index (κ2) is 11.1. The van der Waals surface area contributed by atoms with E-state index in [0.717, 1.165) is 11.6 Å². The summed E-state index contributed by atoms with van der Waals surface area (Å²) in [5.41, 5.74) is 1.07. The Hall–Kier alpha value is -4.20. The molecule has 0 spiro atoms. The number of phenolic OH excluding ortho intramolecular Hbond substituents is 3. The maximum Gasteiger partial charge on any atom is 0.341 e. The normalized spacial score (nSPS) is 9.74. The van der Waals surface area contributed by atoms with Crippen molar-refractivity contribution in [1.29, 1.82) is 0 Å². The molecule has 0 amide bonds. The maximum absolute atomic E-state index is 11.4. The molecular formula is C23H22O8. The fraction of sp³-hybridized carbons (Fsp3) is 0.130. The number of benzene rings is 3. The van der Waals surface area contributed by atoms with Crippen molar-refractivity contribution in [2.45, 2.75) is 6.61 Å². The van der Waals surface area contributed by atoms with Gasteiger partial charge in [0.1, 0.15) is 40.7 Å². The van der Waals surface area contributed by atoms with Crippen LogP contribution in [0.15, 0.2) is 66.7 Å². The largest absolute Gasteiger partial charge is 0.508 e. The Balaban J connectivity index is 0.000000245. The van der Waals surface area contributed by atoms with Crippen molar-refractivity contribution in [1.82, 2.24) is 0 Å². The van der Waals surface area contributed by atoms with Crippen LogP contribution < -0.4 is 4.74 Å². The van der Waals surface area contributed by atoms with Crippen molar-refractivity contribution in [3.63, 3.8) is 0 Å². The highest BCUT2D eigenvalue weighted by atomic mass is 16.5. The van der Waals surface area contributed by atoms with Gasteiger partial charge in [-0.15, -0.1) is 0 Å². The Morgan fingerprint density at radius 1 is 0.742 bits per heavy atom. The lowest BCUT2D eigenvalue weighted by Crippen LogP contribution is -2.02. The highest BCUT2D eigenvalue weighted by Gasteiger charge is 2.13. The van der Waals surface area contributed by atoms with Gasteiger partial charge in [0.15, 0.2) is 0 Å². The summed E-state index contributed by atoms with van der Waals surface area (Å²) in [5, 5.41) is 27.7. The number of hydrogen-bond acceptors (Lipinski definition) is 8. The van der Waals surface area contributed by atoms with E-state index in [1.807, 2.05) is 30.3 Å². The molecule has 3 aromatic carbocycles. The molecule has 0 unspecified atom stereocenters. The quantitative estimate of drug-likeness (QED) is 0.417. The molecule has 8 heteroatoms. The van der Waals surface area contributed by atoms with Gasteiger partial charge in [-0.3, -0.25) is 0 Å². The second-order valence-corrected chi connectivity index (χ2v) is 6.14. The number of hydrogen-bond donors (Lipinski definition) is 3. The minimum absolute atomic E-state index is 0.0440. The fourth-order valence-electron chi connectivity index (χ4n) is 2.42. The molecule has 0 aliphatic rings. The summed E-state index contributed by atoms with van der Waals surface area (Å²) in [5.74, 6) is -1.19. The number of aromatic hydroxyl groups is 3. The van der Waals surface area contributed by atoms with Crippen molar-refractivity contribution in [2.24, 2.45) is 0 Å². The summed E-state index contributed by atoms with van der Waals surface area (Å²) in [4.78, 5) is 22.3. The van der Waals surface area contributed by atoms with Crippen molar-refractivity contribution in [3.8, 4) is 23.0 Å². The SMILES string of the molecule is COC(=O)c1cc(O)ccc1O.COC(=O)c1cc(OCc2ccccc2)ccc1O. The predicted octanol–water partition coefficient (Wildman–Crippen LogP) is 3.64. The van der Waals surface area contributed by atoms with Crippen molar-refractivity contribution in [3.05, 3.63) is 83.4 Å². The Kier molecular flexibility index (Phi) is 8.27. The van der Waals surface area contributed by atoms with E-state index in [1.165, 1.54) is 38.5 Å². The van der Waals surface area contributed by atoms with Gasteiger partial charge in [-0.2, -0.15) is 0 Å². The molecule has 0 heterocycles. The molecule has 0 saturated heterocycles. The molecule has 3 N–H and O–H groups in total. The van der Waals surface area contributed by atoms with E-state index in [4.69, 9.17) is 14.9 Å². The van der Waals surface area contributed by atoms with Crippen LogP contribution in [0.1, 0.15) is 26.3 Å². The zero-order chi connectivity index (χ0) is 22.8. The molecular weight excluding hydrogens is 404 g/mol. The van der Waals surface area contributed by atoms with Crippen molar-refractivity contribution in [2.75, 3.05) is 14.2 Å². The third kappa shape index (κ3) is 6.67. The third-order valence-corrected chi connectivity index (χ3v) is 4.01. The van der Waals surface area contributed by atoms with Crippen LogP contribution in [-0.4, -0.2) is 41.5 Å². The number of carbonyl (C=O) groups excluding carboxylic acids is 2. The van der Waals surface area contributed by atoms with Gasteiger partial charge >= 0.3 is 11.9 Å². The standard InChI is InChI=1S/C15H14O4.C8H8O4/c1-18-15(17)13-9-12(7-8-14(13)16)19-10-11-5-3-2-4-6-11;1-12-8(11)6-4-5(9)2-3-7(6)10/h2-9,16H,10H2,1H3;2-4,9-10H,1H3. The zero-order valence-corrected chi connectivity index (χ0v) is 16.9. The number of esters is 2. The first kappa shape index (κ1) is 23.1. The van der Waals surface area contributed by atoms with Crippen LogP contribution in [-0.2, 0) is 16.1 Å². The van der Waals surface area contributed by atoms with E-state index in [0.29, 0.717) is 12.4 Å². The molecule has 8 nitrogen and oxygen atoms in total. The second-order valence-electron chi connectivity index (χ2n) is 6.14. The van der Waals surface area contributed by atoms with Gasteiger partial charge in [-0.1, -0.05) is 30.3 Å². The van der Waals surface area contributed by atoms with Crippen LogP contribution in [0.3, 0.4) is 0 Å². The molecule has 0 aliphatic heterocycles. The van der Waals surface area contributed by atoms with Crippen LogP contribution in [0.2, 0.25) is 0 Å². The topological polar surface area (TPSA) is 123 Å². The first-order valence-electron chi connectivity index (χ1n) is 9.04. The molecule has 0 atom stereocenters. The zero-order valence-electron chi connectivity index (χ0n) is 16.9. The maximum atomic E-state index is 11.4. The van der Waals surface area contributed by atoms with Gasteiger partial charge in [0.05, 0.1) is 14.2 Å². The summed E-state index contributed by atoms with van der Waals surface area (Å²) in [6, 6.07) is 17.8. The summed E-state index contributed by atoms with van der Waals surface area (Å²) in [7, 11) is 2.46. The van der Waals surface area contributed by atoms with Gasteiger partial charge in [-0.05, 0) is 42.0 Å². The Morgan fingerprint density at radius 2 is 1.29 bits per heavy atom. The van der Waals surface area contributed by atoms with E-state index in [1.54, 1.807) is 6.07 Å². The minimum Gasteiger partial charge on any atom is -0.508 e. The number of methoxy groups -OCH3 is 2. The van der Waals surface area contributed by atoms with Crippen molar-refractivity contribution < 1.29 is 39.1 Å². The Morgan fingerprint density at radius 3 is 1.87 bits per heavy atom. The highest BCUT2D eigenvalue weighted by molar-refractivity contribution is 5.93. The monoisotopic (exact) mass is 426 g/mol. The first-order chi connectivity index (χ1) is 14.8. The van der Waals surface area contributed by atoms with Crippen LogP contribution >= 0.6 is 0 Å². The molecule has 3 aromatic rings. The van der Waals surface area contributed by atoms with Gasteiger partial charge in [0.25, 0.3) is 0 Å². The molecule has 0 saturated carbocycles. The van der Waals surface area contributed by atoms with E-state index in [9.17, 15) is 14.7 Å². The Labute approximate surface area is 178 Å². The van der Waals surface area contributed by atoms with Gasteiger partial charge in [-0.25, -0.2) is 9.59 Å². The molecule has 162 valence electrons. The van der Waals surface area contributed by atoms with Crippen LogP contribution in [0.5, 0.6) is 23.0 Å². The Bertz CT molecular complexity index is 1030. The predicted molar refractivity (Wildman–Crippen MR) is 111 cm³/mol. The average Bonchev–Trinajstić information content (AvgIpc) is 2.80. The smallest absolute Gasteiger partial charge is 0.341 e. The molecule has 31 heavy (non-hydrogen) atoms. The van der Waals surface area contributed by atoms with Gasteiger partial charge in [0.2, 0.25) is 0 Å². The molecule has 0 aromatic heterocycles. The lowest BCUT2D eigenvalue weighted by atomic mass is 10.2. The molecule has 3 rings (SSSR count). The van der Waals surface area contributed by atoms with E-state index >= 15 is 0 Å². The molecule has 0 bridgehead atoms. The van der Waals surface area contributed by atoms with Crippen LogP contribution in [0, 0.1) is 0 Å². The number of rotatable bonds is 5. The molecule has 0 aliphatic carbocycles. The van der Waals surface area contributed by atoms with Gasteiger partial charge < -0.3 is 29.5 Å². The summed E-state index contributed by atoms with van der Waals surface area (Å²) in [6.45, 7) is 0.395. The van der Waals surface area contributed by atoms with E-state index < -0.39 is 11.9 Å². The molecule has 0 radical (unpaired) electrons. The number of phenols is 3. The fourth-order valence-corrected chi connectivity index (χ4v) is 2.42. The van der Waals surface area contributed by atoms with Gasteiger partial charge in [0, 0.05) is 0 Å². The van der Waals surface area contributed by atoms with E-state index in [2.05, 4.69) is 9.47 Å². The number of carbonyl (C=O) groups is 2. The third-order valence-electron chi connectivity index (χ3n) is 4.01. The van der Waals surface area contributed by atoms with E-state index in [-0.39, 0.29) is 28.4 Å². The summed E-state index contributed by atoms with van der Waals surface area (Å²) in [6.07, 6.45) is 0. The molecule has 0 fully saturated rings. The van der Waals surface area contributed by atoms with Crippen molar-refractivity contribution >= 4 is 11.9 Å². The summed E-state index contributed by atoms with van der Waals surface area (Å²) >= 11 is 0. The highest BCUT2D eigenvalue weighted by Crippen LogP contribution is 2.24. The van der Waals surface area contributed by atoms with Crippen LogP contribution in [0.25, 0.3) is 0 Å².